The standard InChI is InChI=1S/C12H23N3O/c1-2-6-14-12(13)15-8-10-4-3-5-11(7-10)9-16/h2,10-11,16H,1,3-9H2,(H3,13,14,15)/t10-,11+/m0/s1. The van der Waals surface area contributed by atoms with Crippen LogP contribution in [-0.2, 0) is 0 Å². The zero-order valence-electron chi connectivity index (χ0n) is 9.86. The van der Waals surface area contributed by atoms with Crippen molar-refractivity contribution < 1.29 is 5.11 Å². The monoisotopic (exact) mass is 225 g/mol. The molecule has 4 N–H and O–H groups in total. The van der Waals surface area contributed by atoms with Crippen molar-refractivity contribution in [3.63, 3.8) is 0 Å². The number of aliphatic hydroxyl groups excluding tert-OH is 1. The van der Waals surface area contributed by atoms with Gasteiger partial charge in [0, 0.05) is 19.7 Å². The first-order valence-electron chi connectivity index (χ1n) is 6.01. The average molecular weight is 225 g/mol. The van der Waals surface area contributed by atoms with E-state index in [0.29, 0.717) is 30.9 Å². The van der Waals surface area contributed by atoms with E-state index >= 15 is 0 Å². The Bertz CT molecular complexity index is 240. The maximum atomic E-state index is 9.12. The zero-order valence-corrected chi connectivity index (χ0v) is 9.86. The van der Waals surface area contributed by atoms with Gasteiger partial charge in [-0.2, -0.15) is 0 Å². The topological polar surface area (TPSA) is 70.6 Å². The third-order valence-electron chi connectivity index (χ3n) is 3.10. The minimum Gasteiger partial charge on any atom is -0.396 e. The van der Waals surface area contributed by atoms with Crippen LogP contribution in [0.3, 0.4) is 0 Å². The van der Waals surface area contributed by atoms with Crippen LogP contribution in [0.25, 0.3) is 0 Å². The molecule has 92 valence electrons. The number of hydrogen-bond donors (Lipinski definition) is 3. The first-order chi connectivity index (χ1) is 7.76. The van der Waals surface area contributed by atoms with Gasteiger partial charge in [0.1, 0.15) is 0 Å². The maximum Gasteiger partial charge on any atom is 0.188 e. The van der Waals surface area contributed by atoms with Gasteiger partial charge in [-0.05, 0) is 31.1 Å². The van der Waals surface area contributed by atoms with Crippen LogP contribution in [-0.4, -0.2) is 30.8 Å². The van der Waals surface area contributed by atoms with Crippen LogP contribution in [0.4, 0.5) is 0 Å². The SMILES string of the molecule is C=CCNC(N)=NC[C@H]1CCC[C@@H](CO)C1. The Hall–Kier alpha value is -1.03. The number of aliphatic hydroxyl groups is 1. The summed E-state index contributed by atoms with van der Waals surface area (Å²) in [6.45, 7) is 5.34. The second-order valence-electron chi connectivity index (χ2n) is 4.48. The lowest BCUT2D eigenvalue weighted by Gasteiger charge is -2.26. The summed E-state index contributed by atoms with van der Waals surface area (Å²) in [5.74, 6) is 1.54. The molecule has 1 aliphatic carbocycles. The molecule has 0 spiro atoms. The first kappa shape index (κ1) is 13.0. The molecule has 0 aliphatic heterocycles. The number of aliphatic imine (C=N–C) groups is 1. The average Bonchev–Trinajstić information content (AvgIpc) is 2.34. The van der Waals surface area contributed by atoms with Gasteiger partial charge in [-0.25, -0.2) is 0 Å². The summed E-state index contributed by atoms with van der Waals surface area (Å²) < 4.78 is 0. The van der Waals surface area contributed by atoms with E-state index in [-0.39, 0.29) is 0 Å². The first-order valence-corrected chi connectivity index (χ1v) is 6.01. The van der Waals surface area contributed by atoms with Crippen LogP contribution >= 0.6 is 0 Å². The molecule has 0 unspecified atom stereocenters. The van der Waals surface area contributed by atoms with E-state index in [4.69, 9.17) is 10.8 Å². The number of hydrogen-bond acceptors (Lipinski definition) is 2. The van der Waals surface area contributed by atoms with Gasteiger partial charge in [0.05, 0.1) is 0 Å². The minimum absolute atomic E-state index is 0.310. The van der Waals surface area contributed by atoms with Crippen molar-refractivity contribution in [2.45, 2.75) is 25.7 Å². The second kappa shape index (κ2) is 7.28. The molecule has 1 rings (SSSR count). The molecule has 0 heterocycles. The zero-order chi connectivity index (χ0) is 11.8. The molecule has 0 bridgehead atoms. The summed E-state index contributed by atoms with van der Waals surface area (Å²) in [5.41, 5.74) is 5.69. The van der Waals surface area contributed by atoms with Crippen molar-refractivity contribution >= 4 is 5.96 Å². The molecule has 1 fully saturated rings. The largest absolute Gasteiger partial charge is 0.396 e. The summed E-state index contributed by atoms with van der Waals surface area (Å²) in [5, 5.41) is 12.1. The highest BCUT2D eigenvalue weighted by atomic mass is 16.3. The van der Waals surface area contributed by atoms with Crippen molar-refractivity contribution in [3.8, 4) is 0 Å². The minimum atomic E-state index is 0.310. The molecule has 4 heteroatoms. The van der Waals surface area contributed by atoms with Crippen molar-refractivity contribution in [3.05, 3.63) is 12.7 Å². The highest BCUT2D eigenvalue weighted by Crippen LogP contribution is 2.28. The summed E-state index contributed by atoms with van der Waals surface area (Å²) in [7, 11) is 0. The Kier molecular flexibility index (Phi) is 5.93. The lowest BCUT2D eigenvalue weighted by Crippen LogP contribution is -2.32. The van der Waals surface area contributed by atoms with Crippen LogP contribution in [0.15, 0.2) is 17.6 Å². The van der Waals surface area contributed by atoms with Gasteiger partial charge in [0.15, 0.2) is 5.96 Å². The Balaban J connectivity index is 2.27. The van der Waals surface area contributed by atoms with Crippen LogP contribution in [0, 0.1) is 11.8 Å². The molecule has 0 aromatic carbocycles. The van der Waals surface area contributed by atoms with Crippen LogP contribution < -0.4 is 11.1 Å². The van der Waals surface area contributed by atoms with Crippen LogP contribution in [0.1, 0.15) is 25.7 Å². The number of rotatable bonds is 5. The molecule has 1 saturated carbocycles. The van der Waals surface area contributed by atoms with E-state index in [1.54, 1.807) is 6.08 Å². The summed E-state index contributed by atoms with van der Waals surface area (Å²) >= 11 is 0. The molecule has 0 saturated heterocycles. The maximum absolute atomic E-state index is 9.12. The van der Waals surface area contributed by atoms with Gasteiger partial charge in [-0.15, -0.1) is 6.58 Å². The molecule has 0 aromatic rings. The van der Waals surface area contributed by atoms with Gasteiger partial charge in [0.25, 0.3) is 0 Å². The van der Waals surface area contributed by atoms with E-state index in [1.165, 1.54) is 12.8 Å². The highest BCUT2D eigenvalue weighted by Gasteiger charge is 2.20. The lowest BCUT2D eigenvalue weighted by molar-refractivity contribution is 0.163. The molecular weight excluding hydrogens is 202 g/mol. The normalized spacial score (nSPS) is 26.4. The third kappa shape index (κ3) is 4.66. The van der Waals surface area contributed by atoms with E-state index < -0.39 is 0 Å². The molecule has 0 amide bonds. The highest BCUT2D eigenvalue weighted by molar-refractivity contribution is 5.77. The Morgan fingerprint density at radius 3 is 2.94 bits per heavy atom. The molecule has 2 atom stereocenters. The second-order valence-corrected chi connectivity index (χ2v) is 4.48. The third-order valence-corrected chi connectivity index (χ3v) is 3.10. The molecular formula is C12H23N3O. The van der Waals surface area contributed by atoms with E-state index in [0.717, 1.165) is 19.4 Å². The van der Waals surface area contributed by atoms with E-state index in [1.807, 2.05) is 0 Å². The van der Waals surface area contributed by atoms with Gasteiger partial charge in [-0.3, -0.25) is 4.99 Å². The van der Waals surface area contributed by atoms with Gasteiger partial charge in [-0.1, -0.05) is 12.5 Å². The summed E-state index contributed by atoms with van der Waals surface area (Å²) in [4.78, 5) is 4.31. The fourth-order valence-electron chi connectivity index (χ4n) is 2.19. The van der Waals surface area contributed by atoms with Crippen molar-refractivity contribution in [1.29, 1.82) is 0 Å². The Morgan fingerprint density at radius 1 is 1.50 bits per heavy atom. The lowest BCUT2D eigenvalue weighted by atomic mass is 9.82. The molecule has 0 radical (unpaired) electrons. The number of nitrogens with one attached hydrogen (secondary N) is 1. The van der Waals surface area contributed by atoms with E-state index in [9.17, 15) is 0 Å². The van der Waals surface area contributed by atoms with Crippen LogP contribution in [0.2, 0.25) is 0 Å². The molecule has 4 nitrogen and oxygen atoms in total. The van der Waals surface area contributed by atoms with Crippen molar-refractivity contribution in [2.75, 3.05) is 19.7 Å². The molecule has 16 heavy (non-hydrogen) atoms. The summed E-state index contributed by atoms with van der Waals surface area (Å²) in [6, 6.07) is 0. The Morgan fingerprint density at radius 2 is 2.25 bits per heavy atom. The molecule has 0 aromatic heterocycles. The predicted octanol–water partition coefficient (Wildman–Crippen LogP) is 0.875. The van der Waals surface area contributed by atoms with Gasteiger partial charge in [0.2, 0.25) is 0 Å². The van der Waals surface area contributed by atoms with E-state index in [2.05, 4.69) is 16.9 Å². The smallest absolute Gasteiger partial charge is 0.188 e. The van der Waals surface area contributed by atoms with Crippen molar-refractivity contribution in [2.24, 2.45) is 22.6 Å². The number of nitrogens with two attached hydrogens (primary N) is 1. The number of guanidine groups is 1. The number of nitrogens with zero attached hydrogens (tertiary/aromatic N) is 1. The Labute approximate surface area is 97.6 Å². The van der Waals surface area contributed by atoms with Gasteiger partial charge >= 0.3 is 0 Å². The van der Waals surface area contributed by atoms with Crippen molar-refractivity contribution in [1.82, 2.24) is 5.32 Å². The quantitative estimate of drug-likeness (QED) is 0.369. The van der Waals surface area contributed by atoms with Crippen LogP contribution in [0.5, 0.6) is 0 Å². The summed E-state index contributed by atoms with van der Waals surface area (Å²) in [6.07, 6.45) is 6.39. The fourth-order valence-corrected chi connectivity index (χ4v) is 2.19. The fraction of sp³-hybridized carbons (Fsp3) is 0.750. The predicted molar refractivity (Wildman–Crippen MR) is 67.2 cm³/mol. The van der Waals surface area contributed by atoms with Gasteiger partial charge < -0.3 is 16.2 Å². The molecule has 1 aliphatic rings.